The summed E-state index contributed by atoms with van der Waals surface area (Å²) in [4.78, 5) is 26.3. The summed E-state index contributed by atoms with van der Waals surface area (Å²) in [5.74, 6) is 0.0985. The lowest BCUT2D eigenvalue weighted by atomic mass is 10.1. The van der Waals surface area contributed by atoms with Gasteiger partial charge in [0, 0.05) is 36.7 Å². The molecule has 0 radical (unpaired) electrons. The minimum atomic E-state index is -3.70. The number of hydrogen-bond donors (Lipinski definition) is 2. The van der Waals surface area contributed by atoms with E-state index < -0.39 is 10.0 Å². The second-order valence-corrected chi connectivity index (χ2v) is 9.62. The maximum atomic E-state index is 12.6. The van der Waals surface area contributed by atoms with Crippen LogP contribution in [0.1, 0.15) is 52.0 Å². The van der Waals surface area contributed by atoms with Gasteiger partial charge in [-0.15, -0.1) is 0 Å². The van der Waals surface area contributed by atoms with Crippen molar-refractivity contribution in [3.63, 3.8) is 0 Å². The summed E-state index contributed by atoms with van der Waals surface area (Å²) in [5.41, 5.74) is 1.69. The number of carbonyl (C=O) groups excluding carboxylic acids is 2. The topological polar surface area (TPSA) is 95.6 Å². The predicted molar refractivity (Wildman–Crippen MR) is 108 cm³/mol. The molecule has 2 N–H and O–H groups in total. The zero-order chi connectivity index (χ0) is 20.5. The van der Waals surface area contributed by atoms with Gasteiger partial charge in [-0.1, -0.05) is 6.92 Å². The summed E-state index contributed by atoms with van der Waals surface area (Å²) in [6.07, 6.45) is 3.45. The Morgan fingerprint density at radius 1 is 1.29 bits per heavy atom. The first-order valence-corrected chi connectivity index (χ1v) is 11.5. The van der Waals surface area contributed by atoms with Gasteiger partial charge in [0.25, 0.3) is 0 Å². The molecule has 1 fully saturated rings. The Labute approximate surface area is 166 Å². The monoisotopic (exact) mass is 407 g/mol. The third kappa shape index (κ3) is 4.55. The van der Waals surface area contributed by atoms with Gasteiger partial charge in [0.05, 0.1) is 4.90 Å². The first kappa shape index (κ1) is 20.8. The molecular weight excluding hydrogens is 378 g/mol. The number of anilines is 1. The Bertz CT molecular complexity index is 864. The minimum absolute atomic E-state index is 0.0401. The Hall–Kier alpha value is -1.93. The Kier molecular flexibility index (Phi) is 6.09. The number of rotatable bonds is 8. The van der Waals surface area contributed by atoms with Crippen molar-refractivity contribution >= 4 is 27.5 Å². The SMILES string of the molecule is CC[C@@H](C)NC(=O)CCNS(=O)(=O)c1ccc2c(c1)C[C@H](C)N2C(=O)C1CC1. The first-order valence-electron chi connectivity index (χ1n) is 9.98. The second-order valence-electron chi connectivity index (χ2n) is 7.85. The fraction of sp³-hybridized carbons (Fsp3) is 0.600. The summed E-state index contributed by atoms with van der Waals surface area (Å²) in [6, 6.07) is 5.02. The Morgan fingerprint density at radius 2 is 2.00 bits per heavy atom. The third-order valence-electron chi connectivity index (χ3n) is 5.40. The van der Waals surface area contributed by atoms with Gasteiger partial charge in [-0.25, -0.2) is 13.1 Å². The quantitative estimate of drug-likeness (QED) is 0.689. The van der Waals surface area contributed by atoms with E-state index in [1.54, 1.807) is 12.1 Å². The molecule has 1 aromatic carbocycles. The van der Waals surface area contributed by atoms with E-state index in [0.717, 1.165) is 30.5 Å². The average molecular weight is 408 g/mol. The largest absolute Gasteiger partial charge is 0.354 e. The average Bonchev–Trinajstić information content (AvgIpc) is 3.42. The standard InChI is InChI=1S/C20H29N3O4S/c1-4-13(2)22-19(24)9-10-21-28(26,27)17-7-8-18-16(12-17)11-14(3)23(18)20(25)15-5-6-15/h7-8,12-15,21H,4-6,9-11H2,1-3H3,(H,22,24)/t13-,14+/m1/s1. The molecule has 0 bridgehead atoms. The van der Waals surface area contributed by atoms with Crippen LogP contribution in [-0.2, 0) is 26.0 Å². The molecule has 8 heteroatoms. The number of nitrogens with one attached hydrogen (secondary N) is 2. The normalized spacial score (nSPS) is 20.0. The molecule has 7 nitrogen and oxygen atoms in total. The van der Waals surface area contributed by atoms with Crippen molar-refractivity contribution in [2.24, 2.45) is 5.92 Å². The Balaban J connectivity index is 1.65. The van der Waals surface area contributed by atoms with Gasteiger partial charge in [-0.3, -0.25) is 9.59 Å². The van der Waals surface area contributed by atoms with Crippen molar-refractivity contribution in [2.75, 3.05) is 11.4 Å². The molecule has 0 saturated heterocycles. The first-order chi connectivity index (χ1) is 13.2. The van der Waals surface area contributed by atoms with Gasteiger partial charge in [0.2, 0.25) is 21.8 Å². The second kappa shape index (κ2) is 8.21. The maximum absolute atomic E-state index is 12.6. The van der Waals surface area contributed by atoms with Crippen LogP contribution in [0, 0.1) is 5.92 Å². The molecule has 3 rings (SSSR count). The molecule has 1 aliphatic carbocycles. The predicted octanol–water partition coefficient (Wildman–Crippen LogP) is 1.96. The summed E-state index contributed by atoms with van der Waals surface area (Å²) >= 11 is 0. The van der Waals surface area contributed by atoms with E-state index in [0.29, 0.717) is 6.42 Å². The van der Waals surface area contributed by atoms with E-state index in [1.807, 2.05) is 25.7 Å². The molecule has 2 aliphatic rings. The van der Waals surface area contributed by atoms with Crippen LogP contribution < -0.4 is 14.9 Å². The fourth-order valence-electron chi connectivity index (χ4n) is 3.47. The van der Waals surface area contributed by atoms with E-state index in [-0.39, 0.29) is 47.7 Å². The van der Waals surface area contributed by atoms with Crippen molar-refractivity contribution in [1.82, 2.24) is 10.0 Å². The van der Waals surface area contributed by atoms with Crippen LogP contribution in [0.4, 0.5) is 5.69 Å². The summed E-state index contributed by atoms with van der Waals surface area (Å²) < 4.78 is 27.7. The molecule has 154 valence electrons. The number of nitrogens with zero attached hydrogens (tertiary/aromatic N) is 1. The number of carbonyl (C=O) groups is 2. The van der Waals surface area contributed by atoms with Gasteiger partial charge in [0.15, 0.2) is 0 Å². The number of hydrogen-bond acceptors (Lipinski definition) is 4. The van der Waals surface area contributed by atoms with Crippen molar-refractivity contribution in [3.8, 4) is 0 Å². The van der Waals surface area contributed by atoms with Gasteiger partial charge in [-0.05, 0) is 63.3 Å². The number of benzene rings is 1. The van der Waals surface area contributed by atoms with Crippen molar-refractivity contribution < 1.29 is 18.0 Å². The maximum Gasteiger partial charge on any atom is 0.240 e. The molecule has 2 amide bonds. The van der Waals surface area contributed by atoms with Gasteiger partial charge in [0.1, 0.15) is 0 Å². The highest BCUT2D eigenvalue weighted by Gasteiger charge is 2.39. The van der Waals surface area contributed by atoms with Crippen LogP contribution in [0.3, 0.4) is 0 Å². The number of amides is 2. The highest BCUT2D eigenvalue weighted by Crippen LogP contribution is 2.39. The van der Waals surface area contributed by atoms with Crippen molar-refractivity contribution in [1.29, 1.82) is 0 Å². The van der Waals surface area contributed by atoms with E-state index >= 15 is 0 Å². The summed E-state index contributed by atoms with van der Waals surface area (Å²) in [7, 11) is -3.70. The van der Waals surface area contributed by atoms with Crippen LogP contribution in [0.25, 0.3) is 0 Å². The molecule has 1 saturated carbocycles. The van der Waals surface area contributed by atoms with Gasteiger partial charge >= 0.3 is 0 Å². The molecule has 0 aromatic heterocycles. The highest BCUT2D eigenvalue weighted by atomic mass is 32.2. The third-order valence-corrected chi connectivity index (χ3v) is 6.86. The molecule has 2 atom stereocenters. The smallest absolute Gasteiger partial charge is 0.240 e. The number of sulfonamides is 1. The van der Waals surface area contributed by atoms with E-state index in [9.17, 15) is 18.0 Å². The van der Waals surface area contributed by atoms with Crippen LogP contribution in [0.2, 0.25) is 0 Å². The highest BCUT2D eigenvalue weighted by molar-refractivity contribution is 7.89. The Morgan fingerprint density at radius 3 is 2.64 bits per heavy atom. The molecule has 1 aromatic rings. The zero-order valence-corrected chi connectivity index (χ0v) is 17.5. The van der Waals surface area contributed by atoms with Crippen LogP contribution in [0.5, 0.6) is 0 Å². The minimum Gasteiger partial charge on any atom is -0.354 e. The molecule has 1 heterocycles. The van der Waals surface area contributed by atoms with Crippen LogP contribution in [-0.4, -0.2) is 38.9 Å². The molecule has 1 aliphatic heterocycles. The van der Waals surface area contributed by atoms with E-state index in [2.05, 4.69) is 10.0 Å². The lowest BCUT2D eigenvalue weighted by Crippen LogP contribution is -2.36. The lowest BCUT2D eigenvalue weighted by Gasteiger charge is -2.22. The molecule has 0 unspecified atom stereocenters. The number of fused-ring (bicyclic) bond motifs is 1. The fourth-order valence-corrected chi connectivity index (χ4v) is 4.55. The van der Waals surface area contributed by atoms with Gasteiger partial charge in [-0.2, -0.15) is 0 Å². The summed E-state index contributed by atoms with van der Waals surface area (Å²) in [6.45, 7) is 5.92. The zero-order valence-electron chi connectivity index (χ0n) is 16.7. The van der Waals surface area contributed by atoms with E-state index in [1.165, 1.54) is 6.07 Å². The van der Waals surface area contributed by atoms with Crippen molar-refractivity contribution in [3.05, 3.63) is 23.8 Å². The molecule has 0 spiro atoms. The van der Waals surface area contributed by atoms with Crippen LogP contribution in [0.15, 0.2) is 23.1 Å². The lowest BCUT2D eigenvalue weighted by molar-refractivity contribution is -0.121. The van der Waals surface area contributed by atoms with Gasteiger partial charge < -0.3 is 10.2 Å². The molecule has 28 heavy (non-hydrogen) atoms. The molecular formula is C20H29N3O4S. The van der Waals surface area contributed by atoms with E-state index in [4.69, 9.17) is 0 Å². The summed E-state index contributed by atoms with van der Waals surface area (Å²) in [5, 5.41) is 2.81. The van der Waals surface area contributed by atoms with Crippen molar-refractivity contribution in [2.45, 2.75) is 69.9 Å². The van der Waals surface area contributed by atoms with Crippen LogP contribution >= 0.6 is 0 Å².